The van der Waals surface area contributed by atoms with Gasteiger partial charge in [0.15, 0.2) is 17.4 Å². The maximum Gasteiger partial charge on any atom is 0.182 e. The maximum absolute atomic E-state index is 13.1. The predicted octanol–water partition coefficient (Wildman–Crippen LogP) is 3.59. The van der Waals surface area contributed by atoms with Crippen LogP contribution in [-0.2, 0) is 0 Å². The lowest BCUT2D eigenvalue weighted by Gasteiger charge is -2.20. The molecule has 0 atom stereocenters. The van der Waals surface area contributed by atoms with Crippen LogP contribution in [0.3, 0.4) is 0 Å². The van der Waals surface area contributed by atoms with Gasteiger partial charge in [0.05, 0.1) is 6.54 Å². The molecule has 0 amide bonds. The number of rotatable bonds is 4. The van der Waals surface area contributed by atoms with Crippen molar-refractivity contribution in [3.8, 4) is 0 Å². The molecule has 0 spiro atoms. The Hall–Kier alpha value is -2.23. The van der Waals surface area contributed by atoms with Crippen LogP contribution in [0.15, 0.2) is 42.5 Å². The smallest absolute Gasteiger partial charge is 0.182 e. The Bertz CT molecular complexity index is 640. The highest BCUT2D eigenvalue weighted by Crippen LogP contribution is 2.18. The van der Waals surface area contributed by atoms with Crippen LogP contribution in [0.2, 0.25) is 0 Å². The second-order valence-corrected chi connectivity index (χ2v) is 4.69. The van der Waals surface area contributed by atoms with Gasteiger partial charge in [0.25, 0.3) is 0 Å². The number of para-hydroxylation sites is 1. The second kappa shape index (κ2) is 5.82. The first-order valence-corrected chi connectivity index (χ1v) is 6.24. The first-order chi connectivity index (χ1) is 9.49. The van der Waals surface area contributed by atoms with Crippen molar-refractivity contribution in [3.63, 3.8) is 0 Å². The molecule has 0 heterocycles. The molecule has 0 saturated carbocycles. The molecular formula is C16H15F2NO. The van der Waals surface area contributed by atoms with Crippen LogP contribution in [0.4, 0.5) is 14.5 Å². The van der Waals surface area contributed by atoms with E-state index < -0.39 is 11.6 Å². The molecule has 0 unspecified atom stereocenters. The van der Waals surface area contributed by atoms with Crippen molar-refractivity contribution in [2.45, 2.75) is 6.92 Å². The van der Waals surface area contributed by atoms with E-state index in [1.807, 2.05) is 31.2 Å². The molecule has 0 saturated heterocycles. The van der Waals surface area contributed by atoms with Crippen LogP contribution in [-0.4, -0.2) is 19.4 Å². The third kappa shape index (κ3) is 3.02. The van der Waals surface area contributed by atoms with E-state index in [0.717, 1.165) is 23.4 Å². The van der Waals surface area contributed by atoms with Gasteiger partial charge in [0, 0.05) is 18.3 Å². The van der Waals surface area contributed by atoms with E-state index in [4.69, 9.17) is 0 Å². The zero-order chi connectivity index (χ0) is 14.7. The Morgan fingerprint density at radius 3 is 2.45 bits per heavy atom. The summed E-state index contributed by atoms with van der Waals surface area (Å²) in [4.78, 5) is 13.9. The van der Waals surface area contributed by atoms with Crippen LogP contribution in [0.1, 0.15) is 15.9 Å². The van der Waals surface area contributed by atoms with E-state index in [2.05, 4.69) is 0 Å². The van der Waals surface area contributed by atoms with Gasteiger partial charge in [0.2, 0.25) is 0 Å². The normalized spacial score (nSPS) is 10.4. The zero-order valence-electron chi connectivity index (χ0n) is 11.4. The minimum Gasteiger partial charge on any atom is -0.367 e. The summed E-state index contributed by atoms with van der Waals surface area (Å²) in [5.74, 6) is -2.21. The van der Waals surface area contributed by atoms with E-state index in [-0.39, 0.29) is 17.9 Å². The molecule has 104 valence electrons. The molecule has 0 aliphatic heterocycles. The van der Waals surface area contributed by atoms with Crippen molar-refractivity contribution in [1.82, 2.24) is 0 Å². The third-order valence-electron chi connectivity index (χ3n) is 3.15. The molecule has 2 aromatic carbocycles. The van der Waals surface area contributed by atoms with Crippen molar-refractivity contribution in [1.29, 1.82) is 0 Å². The molecular weight excluding hydrogens is 260 g/mol. The van der Waals surface area contributed by atoms with Crippen molar-refractivity contribution >= 4 is 11.5 Å². The number of likely N-dealkylation sites (N-methyl/N-ethyl adjacent to an activating group) is 1. The molecule has 2 rings (SSSR count). The van der Waals surface area contributed by atoms with E-state index >= 15 is 0 Å². The highest BCUT2D eigenvalue weighted by atomic mass is 19.2. The zero-order valence-corrected chi connectivity index (χ0v) is 11.4. The van der Waals surface area contributed by atoms with Gasteiger partial charge in [0.1, 0.15) is 0 Å². The van der Waals surface area contributed by atoms with Gasteiger partial charge in [-0.2, -0.15) is 0 Å². The number of halogens is 2. The summed E-state index contributed by atoms with van der Waals surface area (Å²) in [7, 11) is 1.79. The Morgan fingerprint density at radius 1 is 1.10 bits per heavy atom. The molecule has 0 aliphatic carbocycles. The summed E-state index contributed by atoms with van der Waals surface area (Å²) in [6, 6.07) is 10.9. The number of carbonyl (C=O) groups is 1. The number of anilines is 1. The Morgan fingerprint density at radius 2 is 1.80 bits per heavy atom. The fourth-order valence-corrected chi connectivity index (χ4v) is 2.05. The largest absolute Gasteiger partial charge is 0.367 e. The van der Waals surface area contributed by atoms with E-state index in [0.29, 0.717) is 0 Å². The molecule has 2 aromatic rings. The number of Topliss-reactive ketones (excluding diaryl/α,β-unsaturated/α-hetero) is 1. The van der Waals surface area contributed by atoms with Gasteiger partial charge in [-0.05, 0) is 36.8 Å². The number of benzene rings is 2. The molecule has 0 bridgehead atoms. The van der Waals surface area contributed by atoms with Gasteiger partial charge < -0.3 is 4.90 Å². The molecule has 0 N–H and O–H groups in total. The molecule has 0 aliphatic rings. The first kappa shape index (κ1) is 14.2. The van der Waals surface area contributed by atoms with Crippen molar-refractivity contribution in [2.24, 2.45) is 0 Å². The average molecular weight is 275 g/mol. The fourth-order valence-electron chi connectivity index (χ4n) is 2.05. The highest BCUT2D eigenvalue weighted by molar-refractivity contribution is 5.99. The number of carbonyl (C=O) groups excluding carboxylic acids is 1. The molecule has 2 nitrogen and oxygen atoms in total. The van der Waals surface area contributed by atoms with Gasteiger partial charge in [-0.25, -0.2) is 8.78 Å². The maximum atomic E-state index is 13.1. The van der Waals surface area contributed by atoms with Crippen molar-refractivity contribution in [2.75, 3.05) is 18.5 Å². The summed E-state index contributed by atoms with van der Waals surface area (Å²) in [5.41, 5.74) is 2.15. The first-order valence-electron chi connectivity index (χ1n) is 6.24. The summed E-state index contributed by atoms with van der Waals surface area (Å²) >= 11 is 0. The number of aryl methyl sites for hydroxylation is 1. The number of ketones is 1. The van der Waals surface area contributed by atoms with Gasteiger partial charge in [-0.15, -0.1) is 0 Å². The summed E-state index contributed by atoms with van der Waals surface area (Å²) in [5, 5.41) is 0. The highest BCUT2D eigenvalue weighted by Gasteiger charge is 2.13. The number of nitrogens with zero attached hydrogens (tertiary/aromatic N) is 1. The molecule has 0 aromatic heterocycles. The van der Waals surface area contributed by atoms with Crippen molar-refractivity contribution in [3.05, 3.63) is 65.2 Å². The lowest BCUT2D eigenvalue weighted by atomic mass is 10.1. The second-order valence-electron chi connectivity index (χ2n) is 4.69. The fraction of sp³-hybridized carbons (Fsp3) is 0.188. The van der Waals surface area contributed by atoms with E-state index in [1.165, 1.54) is 6.07 Å². The van der Waals surface area contributed by atoms with Gasteiger partial charge in [-0.1, -0.05) is 18.2 Å². The SMILES string of the molecule is Cc1ccccc1N(C)CC(=O)c1ccc(F)c(F)c1. The Kier molecular flexibility index (Phi) is 4.13. The monoisotopic (exact) mass is 275 g/mol. The van der Waals surface area contributed by atoms with Crippen LogP contribution in [0, 0.1) is 18.6 Å². The topological polar surface area (TPSA) is 20.3 Å². The molecule has 0 radical (unpaired) electrons. The Labute approximate surface area is 116 Å². The summed E-state index contributed by atoms with van der Waals surface area (Å²) in [6.45, 7) is 2.06. The van der Waals surface area contributed by atoms with Crippen LogP contribution < -0.4 is 4.90 Å². The van der Waals surface area contributed by atoms with Crippen LogP contribution >= 0.6 is 0 Å². The molecule has 0 fully saturated rings. The molecule has 20 heavy (non-hydrogen) atoms. The average Bonchev–Trinajstić information content (AvgIpc) is 2.42. The minimum atomic E-state index is -1.01. The van der Waals surface area contributed by atoms with E-state index in [1.54, 1.807) is 11.9 Å². The van der Waals surface area contributed by atoms with Gasteiger partial charge >= 0.3 is 0 Å². The number of hydrogen-bond donors (Lipinski definition) is 0. The summed E-state index contributed by atoms with van der Waals surface area (Å²) < 4.78 is 26.0. The van der Waals surface area contributed by atoms with Crippen LogP contribution in [0.5, 0.6) is 0 Å². The van der Waals surface area contributed by atoms with E-state index in [9.17, 15) is 13.6 Å². The van der Waals surface area contributed by atoms with Crippen LogP contribution in [0.25, 0.3) is 0 Å². The Balaban J connectivity index is 2.15. The lowest BCUT2D eigenvalue weighted by Crippen LogP contribution is -2.26. The van der Waals surface area contributed by atoms with Crippen molar-refractivity contribution < 1.29 is 13.6 Å². The quantitative estimate of drug-likeness (QED) is 0.795. The predicted molar refractivity (Wildman–Crippen MR) is 75.1 cm³/mol. The van der Waals surface area contributed by atoms with Gasteiger partial charge in [-0.3, -0.25) is 4.79 Å². The minimum absolute atomic E-state index is 0.107. The standard InChI is InChI=1S/C16H15F2NO/c1-11-5-3-4-6-15(11)19(2)10-16(20)12-7-8-13(17)14(18)9-12/h3-9H,10H2,1-2H3. The number of hydrogen-bond acceptors (Lipinski definition) is 2. The molecule has 4 heteroatoms. The lowest BCUT2D eigenvalue weighted by molar-refractivity contribution is 0.1000. The summed E-state index contributed by atoms with van der Waals surface area (Å²) in [6.07, 6.45) is 0. The third-order valence-corrected chi connectivity index (χ3v) is 3.15.